The van der Waals surface area contributed by atoms with Crippen LogP contribution in [0.5, 0.6) is 0 Å². The molecule has 0 aromatic heterocycles. The van der Waals surface area contributed by atoms with Gasteiger partial charge >= 0.3 is 0 Å². The summed E-state index contributed by atoms with van der Waals surface area (Å²) >= 11 is 0. The predicted molar refractivity (Wildman–Crippen MR) is 205 cm³/mol. The van der Waals surface area contributed by atoms with E-state index in [1.165, 1.54) is 56.1 Å². The molecule has 0 fully saturated rings. The highest BCUT2D eigenvalue weighted by atomic mass is 14.3. The predicted octanol–water partition coefficient (Wildman–Crippen LogP) is 14.5. The van der Waals surface area contributed by atoms with Gasteiger partial charge in [0.2, 0.25) is 0 Å². The number of rotatable bonds is 6. The van der Waals surface area contributed by atoms with Gasteiger partial charge in [0.15, 0.2) is 0 Å². The van der Waals surface area contributed by atoms with Crippen molar-refractivity contribution in [2.45, 2.75) is 73.1 Å². The molecule has 0 aliphatic heterocycles. The summed E-state index contributed by atoms with van der Waals surface area (Å²) in [6.45, 7) is 15.9. The molecule has 0 aliphatic rings. The second-order valence-corrected chi connectivity index (χ2v) is 13.3. The SMILES string of the molecule is CC(C)(C)CC(C)(C)c1ccc(Cc2ccc3ccccc3c2)cc1.Cc1ccc(Cc2ccc(C)cc2)cc1.[HH].[HH].[HH].[HH].[HH].[HH].[HH].[HH].[HH].[HH].[HH].[HH].[HH].[HH]. The molecule has 5 aromatic carbocycles. The molecule has 0 saturated heterocycles. The minimum atomic E-state index is 0. The van der Waals surface area contributed by atoms with Crippen molar-refractivity contribution in [2.24, 2.45) is 5.41 Å². The largest absolute Gasteiger partial charge is 0.0616 e. The van der Waals surface area contributed by atoms with Crippen LogP contribution in [0.3, 0.4) is 0 Å². The van der Waals surface area contributed by atoms with Crippen LogP contribution in [0.25, 0.3) is 10.8 Å². The van der Waals surface area contributed by atoms with Gasteiger partial charge in [-0.2, -0.15) is 0 Å². The molecule has 0 saturated carbocycles. The van der Waals surface area contributed by atoms with Crippen LogP contribution in [0.4, 0.5) is 0 Å². The summed E-state index contributed by atoms with van der Waals surface area (Å²) in [7, 11) is 0. The second-order valence-electron chi connectivity index (χ2n) is 13.3. The van der Waals surface area contributed by atoms with Crippen LogP contribution in [-0.2, 0) is 18.3 Å². The van der Waals surface area contributed by atoms with Crippen LogP contribution in [0, 0.1) is 19.3 Å². The molecular weight excluding hydrogens is 480 g/mol. The van der Waals surface area contributed by atoms with Gasteiger partial charge in [-0.1, -0.05) is 161 Å². The van der Waals surface area contributed by atoms with Crippen LogP contribution in [0.15, 0.2) is 115 Å². The molecule has 0 nitrogen and oxygen atoms in total. The lowest BCUT2D eigenvalue weighted by atomic mass is 9.72. The Labute approximate surface area is 263 Å². The number of hydrogen-bond acceptors (Lipinski definition) is 0. The van der Waals surface area contributed by atoms with E-state index < -0.39 is 0 Å². The summed E-state index contributed by atoms with van der Waals surface area (Å²) < 4.78 is 0. The maximum absolute atomic E-state index is 2.36. The molecule has 234 valence electrons. The van der Waals surface area contributed by atoms with E-state index >= 15 is 0 Å². The van der Waals surface area contributed by atoms with Crippen molar-refractivity contribution in [3.8, 4) is 0 Å². The minimum Gasteiger partial charge on any atom is -0.0616 e. The maximum Gasteiger partial charge on any atom is 0 e. The molecule has 0 N–H and O–H groups in total. The topological polar surface area (TPSA) is 0 Å². The normalized spacial score (nSPS) is 11.7. The third kappa shape index (κ3) is 8.68. The Kier molecular flexibility index (Phi) is 9.31. The number of benzene rings is 5. The number of aryl methyl sites for hydroxylation is 2. The van der Waals surface area contributed by atoms with Gasteiger partial charge in [-0.25, -0.2) is 0 Å². The van der Waals surface area contributed by atoms with E-state index in [0.29, 0.717) is 5.41 Å². The van der Waals surface area contributed by atoms with Gasteiger partial charge in [0.05, 0.1) is 0 Å². The molecule has 0 atom stereocenters. The van der Waals surface area contributed by atoms with Crippen LogP contribution < -0.4 is 0 Å². The molecule has 5 aromatic rings. The lowest BCUT2D eigenvalue weighted by molar-refractivity contribution is 0.284. The first kappa shape index (κ1) is 29.3. The quantitative estimate of drug-likeness (QED) is 0.196. The Balaban J connectivity index is -0.0000000641. The Morgan fingerprint density at radius 2 is 0.900 bits per heavy atom. The van der Waals surface area contributed by atoms with Gasteiger partial charge in [-0.15, -0.1) is 0 Å². The Bertz CT molecular complexity index is 1490. The molecule has 0 bridgehead atoms. The molecule has 40 heavy (non-hydrogen) atoms. The van der Waals surface area contributed by atoms with Crippen LogP contribution in [-0.4, -0.2) is 0 Å². The summed E-state index contributed by atoms with van der Waals surface area (Å²) in [6.07, 6.45) is 3.20. The van der Waals surface area contributed by atoms with Crippen molar-refractivity contribution in [3.63, 3.8) is 0 Å². The lowest BCUT2D eigenvalue weighted by Gasteiger charge is -2.33. The smallest absolute Gasteiger partial charge is 0 e. The first-order chi connectivity index (χ1) is 19.0. The molecule has 0 radical (unpaired) electrons. The highest BCUT2D eigenvalue weighted by Crippen LogP contribution is 2.36. The van der Waals surface area contributed by atoms with E-state index in [2.05, 4.69) is 164 Å². The molecule has 0 unspecified atom stereocenters. The fourth-order valence-electron chi connectivity index (χ4n) is 5.73. The van der Waals surface area contributed by atoms with E-state index in [4.69, 9.17) is 0 Å². The molecule has 0 amide bonds. The molecule has 0 aliphatic carbocycles. The van der Waals surface area contributed by atoms with Gasteiger partial charge in [0, 0.05) is 20.0 Å². The molecule has 5 rings (SSSR count). The Morgan fingerprint density at radius 1 is 0.475 bits per heavy atom. The highest BCUT2D eigenvalue weighted by Gasteiger charge is 2.27. The van der Waals surface area contributed by atoms with Crippen molar-refractivity contribution in [2.75, 3.05) is 0 Å². The third-order valence-corrected chi connectivity index (χ3v) is 7.58. The first-order valence-corrected chi connectivity index (χ1v) is 14.7. The van der Waals surface area contributed by atoms with Crippen LogP contribution >= 0.6 is 0 Å². The highest BCUT2D eigenvalue weighted by molar-refractivity contribution is 5.83. The number of fused-ring (bicyclic) bond motifs is 1. The van der Waals surface area contributed by atoms with Crippen molar-refractivity contribution in [1.29, 1.82) is 0 Å². The zero-order chi connectivity index (χ0) is 28.8. The van der Waals surface area contributed by atoms with Crippen molar-refractivity contribution in [1.82, 2.24) is 0 Å². The van der Waals surface area contributed by atoms with Gasteiger partial charge in [-0.05, 0) is 82.5 Å². The van der Waals surface area contributed by atoms with Crippen LogP contribution in [0.1, 0.15) is 100.0 Å². The van der Waals surface area contributed by atoms with E-state index in [1.54, 1.807) is 0 Å². The number of hydrogen-bond donors (Lipinski definition) is 0. The zero-order valence-electron chi connectivity index (χ0n) is 25.6. The van der Waals surface area contributed by atoms with Crippen molar-refractivity contribution in [3.05, 3.63) is 154 Å². The average molecular weight is 555 g/mol. The summed E-state index contributed by atoms with van der Waals surface area (Å²) in [6, 6.07) is 42.1. The average Bonchev–Trinajstić information content (AvgIpc) is 2.91. The van der Waals surface area contributed by atoms with Gasteiger partial charge in [0.1, 0.15) is 0 Å². The van der Waals surface area contributed by atoms with Crippen molar-refractivity contribution < 1.29 is 20.0 Å². The Morgan fingerprint density at radius 3 is 1.40 bits per heavy atom. The molecule has 0 spiro atoms. The van der Waals surface area contributed by atoms with E-state index in [-0.39, 0.29) is 25.4 Å². The summed E-state index contributed by atoms with van der Waals surface area (Å²) in [4.78, 5) is 0. The van der Waals surface area contributed by atoms with E-state index in [1.807, 2.05) is 0 Å². The molecular formula is C40H74. The van der Waals surface area contributed by atoms with Crippen LogP contribution in [0.2, 0.25) is 0 Å². The second kappa shape index (κ2) is 12.7. The minimum absolute atomic E-state index is 0. The van der Waals surface area contributed by atoms with Gasteiger partial charge < -0.3 is 0 Å². The summed E-state index contributed by atoms with van der Waals surface area (Å²) in [5.41, 5.74) is 10.1. The molecule has 0 heterocycles. The molecule has 0 heteroatoms. The first-order valence-electron chi connectivity index (χ1n) is 14.7. The third-order valence-electron chi connectivity index (χ3n) is 7.58. The zero-order valence-corrected chi connectivity index (χ0v) is 25.6. The maximum atomic E-state index is 2.36. The lowest BCUT2D eigenvalue weighted by Crippen LogP contribution is -2.24. The Hall–Kier alpha value is -3.64. The fourth-order valence-corrected chi connectivity index (χ4v) is 5.73. The summed E-state index contributed by atoms with van der Waals surface area (Å²) in [5.74, 6) is 0. The van der Waals surface area contributed by atoms with E-state index in [9.17, 15) is 0 Å². The monoisotopic (exact) mass is 555 g/mol. The summed E-state index contributed by atoms with van der Waals surface area (Å²) in [5, 5.41) is 2.63. The fraction of sp³-hybridized carbons (Fsp3) is 0.300. The van der Waals surface area contributed by atoms with Gasteiger partial charge in [0.25, 0.3) is 0 Å². The van der Waals surface area contributed by atoms with E-state index in [0.717, 1.165) is 12.8 Å². The van der Waals surface area contributed by atoms with Gasteiger partial charge in [-0.3, -0.25) is 0 Å². The van der Waals surface area contributed by atoms with Crippen molar-refractivity contribution >= 4 is 10.8 Å². The standard InChI is InChI=1S/C25H30.C15H16.14H2/c1-24(2,3)18-25(4,5)23-14-11-19(12-15-23)16-20-10-13-21-8-6-7-9-22(21)17-20;1-12-3-7-14(8-4-12)11-15-9-5-13(2)6-10-15;;;;;;;;;;;;;;/h6-15,17H,16,18H2,1-5H3;3-10H,11H2,1-2H3;14*1H.